The van der Waals surface area contributed by atoms with E-state index in [1.165, 1.54) is 25.8 Å². The quantitative estimate of drug-likeness (QED) is 0.908. The van der Waals surface area contributed by atoms with E-state index in [0.717, 1.165) is 42.3 Å². The topological polar surface area (TPSA) is 45.4 Å². The molecule has 0 aromatic carbocycles. The monoisotopic (exact) mass is 294 g/mol. The predicted molar refractivity (Wildman–Crippen MR) is 82.7 cm³/mol. The third kappa shape index (κ3) is 2.92. The predicted octanol–water partition coefficient (Wildman–Crippen LogP) is 2.23. The van der Waals surface area contributed by atoms with Crippen molar-refractivity contribution < 1.29 is 0 Å². The Kier molecular flexibility index (Phi) is 4.15. The molecule has 2 fully saturated rings. The summed E-state index contributed by atoms with van der Waals surface area (Å²) in [4.78, 5) is 9.40. The molecule has 0 bridgehead atoms. The van der Waals surface area contributed by atoms with E-state index in [0.29, 0.717) is 5.82 Å². The normalized spacial score (nSPS) is 28.3. The van der Waals surface area contributed by atoms with Crippen LogP contribution < -0.4 is 5.73 Å². The van der Waals surface area contributed by atoms with Gasteiger partial charge < -0.3 is 10.6 Å². The summed E-state index contributed by atoms with van der Waals surface area (Å²) >= 11 is 6.22. The molecular weight excluding hydrogens is 272 g/mol. The van der Waals surface area contributed by atoms with Gasteiger partial charge in [0.25, 0.3) is 0 Å². The lowest BCUT2D eigenvalue weighted by Crippen LogP contribution is -2.52. The largest absolute Gasteiger partial charge is 0.384 e. The zero-order chi connectivity index (χ0) is 14.1. The zero-order valence-electron chi connectivity index (χ0n) is 12.1. The Labute approximate surface area is 125 Å². The van der Waals surface area contributed by atoms with Gasteiger partial charge in [0.05, 0.1) is 10.7 Å². The zero-order valence-corrected chi connectivity index (χ0v) is 12.8. The van der Waals surface area contributed by atoms with E-state index in [1.54, 1.807) is 6.07 Å². The van der Waals surface area contributed by atoms with Gasteiger partial charge in [-0.25, -0.2) is 4.98 Å². The molecule has 3 heterocycles. The van der Waals surface area contributed by atoms with Crippen LogP contribution in [-0.4, -0.2) is 47.5 Å². The minimum absolute atomic E-state index is 0.552. The fourth-order valence-corrected chi connectivity index (χ4v) is 3.86. The number of nitrogens with two attached hydrogens (primary N) is 1. The van der Waals surface area contributed by atoms with E-state index in [4.69, 9.17) is 17.3 Å². The molecule has 0 spiro atoms. The average molecular weight is 295 g/mol. The van der Waals surface area contributed by atoms with E-state index < -0.39 is 0 Å². The third-order valence-corrected chi connectivity index (χ3v) is 5.09. The number of halogens is 1. The molecule has 0 aliphatic carbocycles. The van der Waals surface area contributed by atoms with Crippen LogP contribution in [0.2, 0.25) is 5.02 Å². The van der Waals surface area contributed by atoms with Crippen LogP contribution in [0.4, 0.5) is 5.82 Å². The molecule has 2 unspecified atom stereocenters. The van der Waals surface area contributed by atoms with E-state index >= 15 is 0 Å². The van der Waals surface area contributed by atoms with Crippen molar-refractivity contribution in [2.45, 2.75) is 31.8 Å². The maximum atomic E-state index is 6.22. The molecule has 3 rings (SSSR count). The number of rotatable bonds is 2. The molecule has 2 aliphatic rings. The van der Waals surface area contributed by atoms with Gasteiger partial charge in [0.2, 0.25) is 0 Å². The van der Waals surface area contributed by atoms with Crippen molar-refractivity contribution in [3.05, 3.63) is 22.8 Å². The fourth-order valence-electron chi connectivity index (χ4n) is 3.70. The number of aromatic nitrogens is 1. The van der Waals surface area contributed by atoms with Crippen molar-refractivity contribution in [3.8, 4) is 0 Å². The number of nitrogen functional groups attached to an aromatic ring is 1. The lowest BCUT2D eigenvalue weighted by molar-refractivity contribution is 0.0350. The number of piperidine rings is 2. The number of hydrogen-bond acceptors (Lipinski definition) is 4. The summed E-state index contributed by atoms with van der Waals surface area (Å²) in [6, 6.07) is 4.37. The Morgan fingerprint density at radius 3 is 3.05 bits per heavy atom. The lowest BCUT2D eigenvalue weighted by atomic mass is 9.84. The van der Waals surface area contributed by atoms with Gasteiger partial charge in [0, 0.05) is 25.7 Å². The number of nitrogens with zero attached hydrogens (tertiary/aromatic N) is 3. The minimum atomic E-state index is 0.552. The molecule has 110 valence electrons. The smallest absolute Gasteiger partial charge is 0.123 e. The standard InChI is InChI=1S/C15H23ClN4/c1-19-7-2-3-11-9-20(8-6-14(11)19)10-13-12(16)4-5-15(17)18-13/h4-5,11,14H,2-3,6-10H2,1H3,(H2,17,18). The van der Waals surface area contributed by atoms with Crippen molar-refractivity contribution in [2.24, 2.45) is 5.92 Å². The highest BCUT2D eigenvalue weighted by molar-refractivity contribution is 6.31. The third-order valence-electron chi connectivity index (χ3n) is 4.74. The van der Waals surface area contributed by atoms with Crippen molar-refractivity contribution in [2.75, 3.05) is 32.4 Å². The molecule has 4 nitrogen and oxygen atoms in total. The summed E-state index contributed by atoms with van der Waals surface area (Å²) in [5.74, 6) is 1.35. The first-order valence-electron chi connectivity index (χ1n) is 7.47. The molecule has 2 N–H and O–H groups in total. The lowest BCUT2D eigenvalue weighted by Gasteiger charge is -2.46. The Morgan fingerprint density at radius 2 is 2.20 bits per heavy atom. The molecule has 0 saturated carbocycles. The van der Waals surface area contributed by atoms with Crippen LogP contribution in [0.15, 0.2) is 12.1 Å². The molecule has 1 aromatic rings. The maximum Gasteiger partial charge on any atom is 0.123 e. The first kappa shape index (κ1) is 14.1. The van der Waals surface area contributed by atoms with E-state index in [2.05, 4.69) is 21.8 Å². The molecule has 1 aromatic heterocycles. The SMILES string of the molecule is CN1CCCC2CN(Cc3nc(N)ccc3Cl)CCC21. The van der Waals surface area contributed by atoms with Crippen LogP contribution >= 0.6 is 11.6 Å². The van der Waals surface area contributed by atoms with E-state index in [9.17, 15) is 0 Å². The van der Waals surface area contributed by atoms with Gasteiger partial charge in [0.15, 0.2) is 0 Å². The number of fused-ring (bicyclic) bond motifs is 1. The van der Waals surface area contributed by atoms with Crippen LogP contribution in [0.5, 0.6) is 0 Å². The van der Waals surface area contributed by atoms with Crippen molar-refractivity contribution in [3.63, 3.8) is 0 Å². The minimum Gasteiger partial charge on any atom is -0.384 e. The molecule has 2 atom stereocenters. The van der Waals surface area contributed by atoms with Crippen LogP contribution in [0.25, 0.3) is 0 Å². The molecule has 2 saturated heterocycles. The molecule has 0 amide bonds. The molecular formula is C15H23ClN4. The van der Waals surface area contributed by atoms with Crippen LogP contribution in [0.1, 0.15) is 25.0 Å². The van der Waals surface area contributed by atoms with Crippen LogP contribution in [0, 0.1) is 5.92 Å². The number of pyridine rings is 1. The summed E-state index contributed by atoms with van der Waals surface area (Å²) in [5.41, 5.74) is 6.67. The Bertz CT molecular complexity index is 479. The summed E-state index contributed by atoms with van der Waals surface area (Å²) in [6.45, 7) is 4.35. The second-order valence-electron chi connectivity index (χ2n) is 6.14. The van der Waals surface area contributed by atoms with Crippen LogP contribution in [0.3, 0.4) is 0 Å². The van der Waals surface area contributed by atoms with Gasteiger partial charge >= 0.3 is 0 Å². The highest BCUT2D eigenvalue weighted by atomic mass is 35.5. The fraction of sp³-hybridized carbons (Fsp3) is 0.667. The summed E-state index contributed by atoms with van der Waals surface area (Å²) in [6.07, 6.45) is 3.92. The van der Waals surface area contributed by atoms with Gasteiger partial charge in [-0.05, 0) is 50.9 Å². The molecule has 5 heteroatoms. The second kappa shape index (κ2) is 5.88. The second-order valence-corrected chi connectivity index (χ2v) is 6.55. The van der Waals surface area contributed by atoms with Crippen molar-refractivity contribution in [1.29, 1.82) is 0 Å². The highest BCUT2D eigenvalue weighted by Gasteiger charge is 2.34. The Morgan fingerprint density at radius 1 is 1.35 bits per heavy atom. The first-order valence-corrected chi connectivity index (χ1v) is 7.85. The highest BCUT2D eigenvalue weighted by Crippen LogP contribution is 2.30. The van der Waals surface area contributed by atoms with Gasteiger partial charge in [0.1, 0.15) is 5.82 Å². The van der Waals surface area contributed by atoms with Gasteiger partial charge in [-0.15, -0.1) is 0 Å². The molecule has 0 radical (unpaired) electrons. The Hall–Kier alpha value is -0.840. The maximum absolute atomic E-state index is 6.22. The number of anilines is 1. The first-order chi connectivity index (χ1) is 9.63. The summed E-state index contributed by atoms with van der Waals surface area (Å²) in [5, 5.41) is 0.724. The van der Waals surface area contributed by atoms with Crippen molar-refractivity contribution >= 4 is 17.4 Å². The number of likely N-dealkylation sites (tertiary alicyclic amines) is 2. The van der Waals surface area contributed by atoms with Gasteiger partial charge in [-0.1, -0.05) is 11.6 Å². The van der Waals surface area contributed by atoms with Gasteiger partial charge in [-0.2, -0.15) is 0 Å². The molecule has 20 heavy (non-hydrogen) atoms. The average Bonchev–Trinajstić information content (AvgIpc) is 2.43. The Balaban J connectivity index is 1.66. The van der Waals surface area contributed by atoms with Gasteiger partial charge in [-0.3, -0.25) is 4.90 Å². The van der Waals surface area contributed by atoms with E-state index in [-0.39, 0.29) is 0 Å². The van der Waals surface area contributed by atoms with Crippen molar-refractivity contribution in [1.82, 2.24) is 14.8 Å². The van der Waals surface area contributed by atoms with E-state index in [1.807, 2.05) is 6.07 Å². The summed E-state index contributed by atoms with van der Waals surface area (Å²) in [7, 11) is 2.27. The number of hydrogen-bond donors (Lipinski definition) is 1. The van der Waals surface area contributed by atoms with Crippen LogP contribution in [-0.2, 0) is 6.54 Å². The molecule has 2 aliphatic heterocycles. The summed E-state index contributed by atoms with van der Waals surface area (Å²) < 4.78 is 0.